The second kappa shape index (κ2) is 7.79. The van der Waals surface area contributed by atoms with E-state index in [-0.39, 0.29) is 12.6 Å². The molecule has 21 heavy (non-hydrogen) atoms. The van der Waals surface area contributed by atoms with Gasteiger partial charge >= 0.3 is 6.18 Å². The Kier molecular flexibility index (Phi) is 6.67. The maximum absolute atomic E-state index is 12.0. The zero-order valence-corrected chi connectivity index (χ0v) is 12.8. The highest BCUT2D eigenvalue weighted by molar-refractivity contribution is 5.30. The Morgan fingerprint density at radius 1 is 1.24 bits per heavy atom. The maximum Gasteiger partial charge on any atom is 0.411 e. The van der Waals surface area contributed by atoms with E-state index in [4.69, 9.17) is 5.73 Å². The molecule has 1 heterocycles. The fourth-order valence-corrected chi connectivity index (χ4v) is 2.36. The monoisotopic (exact) mass is 307 g/mol. The summed E-state index contributed by atoms with van der Waals surface area (Å²) in [7, 11) is 0. The van der Waals surface area contributed by atoms with Crippen LogP contribution in [0.3, 0.4) is 0 Å². The predicted octanol–water partition coefficient (Wildman–Crippen LogP) is 3.00. The Hall–Kier alpha value is -1.08. The van der Waals surface area contributed by atoms with E-state index >= 15 is 0 Å². The van der Waals surface area contributed by atoms with Crippen LogP contribution in [0.2, 0.25) is 0 Å². The molecule has 0 fully saturated rings. The number of hydrogen-bond acceptors (Lipinski definition) is 3. The molecule has 1 aromatic heterocycles. The van der Waals surface area contributed by atoms with Crippen LogP contribution < -0.4 is 5.73 Å². The van der Waals surface area contributed by atoms with Gasteiger partial charge in [0, 0.05) is 17.3 Å². The van der Waals surface area contributed by atoms with E-state index in [2.05, 4.69) is 9.84 Å². The van der Waals surface area contributed by atoms with Crippen molar-refractivity contribution in [1.82, 2.24) is 9.78 Å². The molecule has 0 aliphatic heterocycles. The number of aryl methyl sites for hydroxylation is 1. The van der Waals surface area contributed by atoms with Crippen molar-refractivity contribution in [3.63, 3.8) is 0 Å². The molecule has 1 rings (SSSR count). The average Bonchev–Trinajstić information content (AvgIpc) is 2.79. The van der Waals surface area contributed by atoms with Gasteiger partial charge in [-0.05, 0) is 19.3 Å². The van der Waals surface area contributed by atoms with E-state index in [1.165, 1.54) is 0 Å². The molecule has 0 aromatic carbocycles. The lowest BCUT2D eigenvalue weighted by Gasteiger charge is -2.13. The summed E-state index contributed by atoms with van der Waals surface area (Å²) in [5.41, 5.74) is 9.10. The summed E-state index contributed by atoms with van der Waals surface area (Å²) in [6.07, 6.45) is -1.99. The van der Waals surface area contributed by atoms with Gasteiger partial charge in [-0.2, -0.15) is 18.3 Å². The number of nitrogens with zero attached hydrogens (tertiary/aromatic N) is 2. The summed E-state index contributed by atoms with van der Waals surface area (Å²) in [6, 6.07) is -0.0836. The van der Waals surface area contributed by atoms with Crippen molar-refractivity contribution in [3.8, 4) is 0 Å². The maximum atomic E-state index is 12.0. The first-order valence-electron chi connectivity index (χ1n) is 7.32. The van der Waals surface area contributed by atoms with Crippen LogP contribution in [0.4, 0.5) is 13.2 Å². The van der Waals surface area contributed by atoms with Gasteiger partial charge < -0.3 is 10.5 Å². The fraction of sp³-hybridized carbons (Fsp3) is 0.786. The Bertz CT molecular complexity index is 443. The van der Waals surface area contributed by atoms with Crippen molar-refractivity contribution < 1.29 is 17.9 Å². The van der Waals surface area contributed by atoms with Crippen LogP contribution in [0.15, 0.2) is 0 Å². The van der Waals surface area contributed by atoms with Gasteiger partial charge in [-0.25, -0.2) is 0 Å². The first kappa shape index (κ1) is 18.0. The van der Waals surface area contributed by atoms with Crippen molar-refractivity contribution in [1.29, 1.82) is 0 Å². The van der Waals surface area contributed by atoms with Crippen molar-refractivity contribution in [2.75, 3.05) is 13.2 Å². The molecular formula is C14H24F3N3O. The minimum Gasteiger partial charge on any atom is -0.370 e. The van der Waals surface area contributed by atoms with Gasteiger partial charge in [0.1, 0.15) is 6.61 Å². The van der Waals surface area contributed by atoms with Crippen molar-refractivity contribution in [2.24, 2.45) is 5.73 Å². The van der Waals surface area contributed by atoms with Crippen LogP contribution in [0.1, 0.15) is 50.2 Å². The molecule has 0 saturated carbocycles. The number of hydrogen-bond donors (Lipinski definition) is 1. The average molecular weight is 307 g/mol. The minimum absolute atomic E-state index is 0.0157. The molecule has 0 aliphatic rings. The normalized spacial score (nSPS) is 13.7. The molecule has 122 valence electrons. The van der Waals surface area contributed by atoms with Crippen LogP contribution >= 0.6 is 0 Å². The molecule has 0 aliphatic carbocycles. The van der Waals surface area contributed by atoms with Gasteiger partial charge in [-0.15, -0.1) is 0 Å². The Morgan fingerprint density at radius 2 is 1.90 bits per heavy atom. The highest BCUT2D eigenvalue weighted by Gasteiger charge is 2.27. The molecule has 0 radical (unpaired) electrons. The summed E-state index contributed by atoms with van der Waals surface area (Å²) in [6.45, 7) is 5.07. The summed E-state index contributed by atoms with van der Waals surface area (Å²) < 4.78 is 42.5. The fourth-order valence-electron chi connectivity index (χ4n) is 2.36. The molecule has 7 heteroatoms. The SMILES string of the molecule is CCc1nn(CCOCC(F)(F)F)c(CC)c1C(N)CC. The van der Waals surface area contributed by atoms with Gasteiger partial charge in [-0.1, -0.05) is 20.8 Å². The van der Waals surface area contributed by atoms with E-state index in [1.807, 2.05) is 20.8 Å². The molecule has 0 saturated heterocycles. The lowest BCUT2D eigenvalue weighted by atomic mass is 10.00. The van der Waals surface area contributed by atoms with Crippen LogP contribution in [0.25, 0.3) is 0 Å². The lowest BCUT2D eigenvalue weighted by molar-refractivity contribution is -0.174. The van der Waals surface area contributed by atoms with Crippen molar-refractivity contribution >= 4 is 0 Å². The minimum atomic E-state index is -4.29. The molecule has 4 nitrogen and oxygen atoms in total. The third kappa shape index (κ3) is 5.00. The third-order valence-electron chi connectivity index (χ3n) is 3.37. The first-order valence-corrected chi connectivity index (χ1v) is 7.32. The van der Waals surface area contributed by atoms with Crippen LogP contribution in [-0.2, 0) is 24.1 Å². The van der Waals surface area contributed by atoms with Crippen molar-refractivity contribution in [3.05, 3.63) is 17.0 Å². The molecular weight excluding hydrogens is 283 g/mol. The highest BCUT2D eigenvalue weighted by Crippen LogP contribution is 2.24. The third-order valence-corrected chi connectivity index (χ3v) is 3.37. The van der Waals surface area contributed by atoms with Gasteiger partial charge in [0.05, 0.1) is 18.8 Å². The Balaban J connectivity index is 2.80. The van der Waals surface area contributed by atoms with Crippen LogP contribution in [0.5, 0.6) is 0 Å². The second-order valence-electron chi connectivity index (χ2n) is 4.92. The number of halogens is 3. The van der Waals surface area contributed by atoms with E-state index in [1.54, 1.807) is 4.68 Å². The zero-order valence-electron chi connectivity index (χ0n) is 12.8. The molecule has 1 aromatic rings. The number of ether oxygens (including phenoxy) is 1. The highest BCUT2D eigenvalue weighted by atomic mass is 19.4. The van der Waals surface area contributed by atoms with Gasteiger partial charge in [0.2, 0.25) is 0 Å². The van der Waals surface area contributed by atoms with E-state index in [0.29, 0.717) is 6.54 Å². The molecule has 1 unspecified atom stereocenters. The molecule has 0 spiro atoms. The summed E-state index contributed by atoms with van der Waals surface area (Å²) in [4.78, 5) is 0. The zero-order chi connectivity index (χ0) is 16.0. The molecule has 1 atom stereocenters. The van der Waals surface area contributed by atoms with E-state index < -0.39 is 12.8 Å². The standard InChI is InChI=1S/C14H24F3N3O/c1-4-10(18)13-11(5-2)19-20(12(13)6-3)7-8-21-9-14(15,16)17/h10H,4-9,18H2,1-3H3. The summed E-state index contributed by atoms with van der Waals surface area (Å²) >= 11 is 0. The lowest BCUT2D eigenvalue weighted by Crippen LogP contribution is -2.20. The number of nitrogens with two attached hydrogens (primary N) is 1. The van der Waals surface area contributed by atoms with Crippen molar-refractivity contribution in [2.45, 2.75) is 58.8 Å². The van der Waals surface area contributed by atoms with Crippen LogP contribution in [-0.4, -0.2) is 29.2 Å². The first-order chi connectivity index (χ1) is 9.84. The number of aromatic nitrogens is 2. The topological polar surface area (TPSA) is 53.1 Å². The molecule has 0 amide bonds. The van der Waals surface area contributed by atoms with Gasteiger partial charge in [0.15, 0.2) is 0 Å². The summed E-state index contributed by atoms with van der Waals surface area (Å²) in [5, 5.41) is 4.48. The van der Waals surface area contributed by atoms with E-state index in [9.17, 15) is 13.2 Å². The Morgan fingerprint density at radius 3 is 2.38 bits per heavy atom. The quantitative estimate of drug-likeness (QED) is 0.751. The smallest absolute Gasteiger partial charge is 0.370 e. The largest absolute Gasteiger partial charge is 0.411 e. The number of rotatable bonds is 8. The number of alkyl halides is 3. The molecule has 2 N–H and O–H groups in total. The Labute approximate surface area is 123 Å². The van der Waals surface area contributed by atoms with Crippen LogP contribution in [0, 0.1) is 0 Å². The van der Waals surface area contributed by atoms with E-state index in [0.717, 1.165) is 36.2 Å². The second-order valence-corrected chi connectivity index (χ2v) is 4.92. The van der Waals surface area contributed by atoms with Gasteiger partial charge in [-0.3, -0.25) is 4.68 Å². The summed E-state index contributed by atoms with van der Waals surface area (Å²) in [5.74, 6) is 0. The molecule has 0 bridgehead atoms. The van der Waals surface area contributed by atoms with Gasteiger partial charge in [0.25, 0.3) is 0 Å². The predicted molar refractivity (Wildman–Crippen MR) is 75.1 cm³/mol.